The average molecular weight is 314 g/mol. The zero-order chi connectivity index (χ0) is 16.4. The van der Waals surface area contributed by atoms with Crippen molar-refractivity contribution in [1.29, 1.82) is 0 Å². The molecule has 124 valence electrons. The van der Waals surface area contributed by atoms with Crippen molar-refractivity contribution in [2.75, 3.05) is 6.61 Å². The van der Waals surface area contributed by atoms with E-state index in [1.807, 2.05) is 0 Å². The van der Waals surface area contributed by atoms with Crippen molar-refractivity contribution in [2.45, 2.75) is 46.0 Å². The Balaban J connectivity index is 1.77. The molecule has 0 unspecified atom stereocenters. The van der Waals surface area contributed by atoms with Gasteiger partial charge in [-0.3, -0.25) is 9.59 Å². The van der Waals surface area contributed by atoms with E-state index in [0.717, 1.165) is 37.7 Å². The minimum Gasteiger partial charge on any atom is -0.396 e. The van der Waals surface area contributed by atoms with Crippen molar-refractivity contribution in [3.05, 3.63) is 23.8 Å². The Morgan fingerprint density at radius 1 is 1.22 bits per heavy atom. The first-order chi connectivity index (χ1) is 10.9. The van der Waals surface area contributed by atoms with Gasteiger partial charge in [0.15, 0.2) is 5.78 Å². The van der Waals surface area contributed by atoms with Gasteiger partial charge in [0.05, 0.1) is 0 Å². The van der Waals surface area contributed by atoms with Gasteiger partial charge in [0.25, 0.3) is 0 Å². The number of ketones is 2. The number of Topliss-reactive ketones (excluding diaryl/α,β-unsaturated/α-hetero) is 1. The highest BCUT2D eigenvalue weighted by atomic mass is 16.3. The molecule has 3 heteroatoms. The maximum absolute atomic E-state index is 12.4. The van der Waals surface area contributed by atoms with Crippen LogP contribution in [0.1, 0.15) is 46.0 Å². The lowest BCUT2D eigenvalue weighted by molar-refractivity contribution is -0.132. The molecule has 0 spiro atoms. The summed E-state index contributed by atoms with van der Waals surface area (Å²) < 4.78 is 0. The summed E-state index contributed by atoms with van der Waals surface area (Å²) >= 11 is 0. The molecule has 0 amide bonds. The van der Waals surface area contributed by atoms with E-state index in [1.165, 1.54) is 0 Å². The summed E-state index contributed by atoms with van der Waals surface area (Å²) in [6.07, 6.45) is 10.2. The first kappa shape index (κ1) is 15.3. The first-order valence-corrected chi connectivity index (χ1v) is 8.99. The number of allylic oxidation sites excluding steroid dienone is 3. The maximum Gasteiger partial charge on any atom is 0.178 e. The second kappa shape index (κ2) is 4.89. The van der Waals surface area contributed by atoms with Crippen molar-refractivity contribution in [1.82, 2.24) is 0 Å². The van der Waals surface area contributed by atoms with E-state index >= 15 is 0 Å². The van der Waals surface area contributed by atoms with Crippen LogP contribution in [0, 0.1) is 34.5 Å². The molecule has 3 saturated carbocycles. The van der Waals surface area contributed by atoms with Crippen LogP contribution in [-0.2, 0) is 9.59 Å². The third-order valence-corrected chi connectivity index (χ3v) is 7.65. The molecule has 3 nitrogen and oxygen atoms in total. The second-order valence-corrected chi connectivity index (χ2v) is 8.53. The van der Waals surface area contributed by atoms with E-state index in [0.29, 0.717) is 23.5 Å². The summed E-state index contributed by atoms with van der Waals surface area (Å²) in [7, 11) is 0. The van der Waals surface area contributed by atoms with E-state index in [2.05, 4.69) is 19.9 Å². The van der Waals surface area contributed by atoms with Crippen LogP contribution < -0.4 is 0 Å². The third-order valence-electron chi connectivity index (χ3n) is 7.65. The van der Waals surface area contributed by atoms with Crippen molar-refractivity contribution >= 4 is 11.6 Å². The van der Waals surface area contributed by atoms with Gasteiger partial charge in [-0.2, -0.15) is 0 Å². The first-order valence-electron chi connectivity index (χ1n) is 8.99. The van der Waals surface area contributed by atoms with Gasteiger partial charge in [-0.25, -0.2) is 0 Å². The lowest BCUT2D eigenvalue weighted by Gasteiger charge is -2.57. The Bertz CT molecular complexity index is 631. The number of carbonyl (C=O) groups excluding carboxylic acids is 2. The quantitative estimate of drug-likeness (QED) is 0.809. The van der Waals surface area contributed by atoms with Crippen LogP contribution in [-0.4, -0.2) is 23.3 Å². The largest absolute Gasteiger partial charge is 0.396 e. The Labute approximate surface area is 137 Å². The molecule has 23 heavy (non-hydrogen) atoms. The summed E-state index contributed by atoms with van der Waals surface area (Å²) in [6.45, 7) is 4.51. The van der Waals surface area contributed by atoms with Crippen LogP contribution in [0.25, 0.3) is 0 Å². The van der Waals surface area contributed by atoms with Crippen molar-refractivity contribution < 1.29 is 14.7 Å². The topological polar surface area (TPSA) is 54.4 Å². The van der Waals surface area contributed by atoms with Crippen LogP contribution in [0.15, 0.2) is 23.8 Å². The van der Waals surface area contributed by atoms with Crippen molar-refractivity contribution in [2.24, 2.45) is 34.5 Å². The molecule has 4 aliphatic carbocycles. The molecule has 6 atom stereocenters. The second-order valence-electron chi connectivity index (χ2n) is 8.53. The van der Waals surface area contributed by atoms with Crippen LogP contribution in [0.3, 0.4) is 0 Å². The van der Waals surface area contributed by atoms with Crippen LogP contribution in [0.2, 0.25) is 0 Å². The van der Waals surface area contributed by atoms with E-state index < -0.39 is 0 Å². The lowest BCUT2D eigenvalue weighted by Crippen LogP contribution is -2.52. The highest BCUT2D eigenvalue weighted by molar-refractivity contribution is 6.01. The summed E-state index contributed by atoms with van der Waals surface area (Å²) in [5.74, 6) is 1.98. The smallest absolute Gasteiger partial charge is 0.178 e. The van der Waals surface area contributed by atoms with Gasteiger partial charge in [0, 0.05) is 29.8 Å². The molecule has 4 rings (SSSR count). The average Bonchev–Trinajstić information content (AvgIpc) is 2.83. The SMILES string of the molecule is C[C@]12C=CC(=O)C=C1[C@H](CO)C[C@@H]1[C@@H]2CC[C@]2(C)C(=O)CC[C@@H]12. The lowest BCUT2D eigenvalue weighted by atomic mass is 9.46. The summed E-state index contributed by atoms with van der Waals surface area (Å²) in [4.78, 5) is 24.3. The van der Waals surface area contributed by atoms with Gasteiger partial charge in [-0.15, -0.1) is 0 Å². The minimum atomic E-state index is -0.146. The fourth-order valence-corrected chi connectivity index (χ4v) is 6.36. The molecule has 3 fully saturated rings. The van der Waals surface area contributed by atoms with Crippen LogP contribution in [0.5, 0.6) is 0 Å². The van der Waals surface area contributed by atoms with Gasteiger partial charge < -0.3 is 5.11 Å². The summed E-state index contributed by atoms with van der Waals surface area (Å²) in [6, 6.07) is 0. The monoisotopic (exact) mass is 314 g/mol. The number of hydrogen-bond acceptors (Lipinski definition) is 3. The standard InChI is InChI=1S/C20H26O3/c1-19-7-5-13(22)10-17(19)12(11-21)9-14-15-3-4-18(23)20(15,2)8-6-16(14)19/h5,7,10,12,14-16,21H,3-4,6,8-9,11H2,1-2H3/t12-,14-,15-,16-,19+,20-/m0/s1. The van der Waals surface area contributed by atoms with E-state index in [-0.39, 0.29) is 29.1 Å². The van der Waals surface area contributed by atoms with Gasteiger partial charge in [0.2, 0.25) is 0 Å². The zero-order valence-electron chi connectivity index (χ0n) is 14.0. The van der Waals surface area contributed by atoms with Gasteiger partial charge >= 0.3 is 0 Å². The molecule has 0 bridgehead atoms. The number of aliphatic hydroxyl groups is 1. The molecule has 0 aliphatic heterocycles. The third kappa shape index (κ3) is 1.92. The Morgan fingerprint density at radius 2 is 2.00 bits per heavy atom. The van der Waals surface area contributed by atoms with E-state index in [1.54, 1.807) is 12.2 Å². The van der Waals surface area contributed by atoms with Gasteiger partial charge in [-0.1, -0.05) is 25.5 Å². The fraction of sp³-hybridized carbons (Fsp3) is 0.700. The molecule has 1 N–H and O–H groups in total. The number of carbonyl (C=O) groups is 2. The molecule has 0 saturated heterocycles. The van der Waals surface area contributed by atoms with Gasteiger partial charge in [0.1, 0.15) is 5.78 Å². The van der Waals surface area contributed by atoms with Crippen LogP contribution >= 0.6 is 0 Å². The predicted octanol–water partition coefficient (Wildman–Crippen LogP) is 3.08. The van der Waals surface area contributed by atoms with Crippen molar-refractivity contribution in [3.8, 4) is 0 Å². The zero-order valence-corrected chi connectivity index (χ0v) is 14.0. The highest BCUT2D eigenvalue weighted by Crippen LogP contribution is 2.64. The number of rotatable bonds is 1. The Kier molecular flexibility index (Phi) is 3.26. The Hall–Kier alpha value is -1.22. The normalized spacial score (nSPS) is 48.6. The molecular weight excluding hydrogens is 288 g/mol. The molecule has 0 aromatic heterocycles. The van der Waals surface area contributed by atoms with Crippen LogP contribution in [0.4, 0.5) is 0 Å². The molecule has 0 radical (unpaired) electrons. The van der Waals surface area contributed by atoms with E-state index in [9.17, 15) is 14.7 Å². The number of hydrogen-bond donors (Lipinski definition) is 1. The molecule has 0 aromatic rings. The van der Waals surface area contributed by atoms with Gasteiger partial charge in [-0.05, 0) is 55.6 Å². The van der Waals surface area contributed by atoms with Crippen molar-refractivity contribution in [3.63, 3.8) is 0 Å². The molecule has 0 heterocycles. The maximum atomic E-state index is 12.4. The molecular formula is C20H26O3. The summed E-state index contributed by atoms with van der Waals surface area (Å²) in [5, 5.41) is 9.93. The summed E-state index contributed by atoms with van der Waals surface area (Å²) in [5.41, 5.74) is 0.853. The Morgan fingerprint density at radius 3 is 2.74 bits per heavy atom. The minimum absolute atomic E-state index is 0.0473. The molecule has 4 aliphatic rings. The predicted molar refractivity (Wildman–Crippen MR) is 87.6 cm³/mol. The molecule has 0 aromatic carbocycles. The number of aliphatic hydroxyl groups excluding tert-OH is 1. The van der Waals surface area contributed by atoms with E-state index in [4.69, 9.17) is 0 Å². The number of fused-ring (bicyclic) bond motifs is 5. The fourth-order valence-electron chi connectivity index (χ4n) is 6.36. The highest BCUT2D eigenvalue weighted by Gasteiger charge is 2.59.